The van der Waals surface area contributed by atoms with E-state index in [4.69, 9.17) is 10.5 Å². The number of pyridine rings is 1. The Bertz CT molecular complexity index is 688. The molecule has 3 rings (SSSR count). The minimum Gasteiger partial charge on any atom is -0.378 e. The van der Waals surface area contributed by atoms with Crippen molar-refractivity contribution in [2.24, 2.45) is 16.8 Å². The molecule has 0 radical (unpaired) electrons. The Kier molecular flexibility index (Phi) is 6.83. The van der Waals surface area contributed by atoms with Gasteiger partial charge >= 0.3 is 0 Å². The first kappa shape index (κ1) is 20.5. The fourth-order valence-electron chi connectivity index (χ4n) is 3.63. The van der Waals surface area contributed by atoms with Crippen LogP contribution in [0.2, 0.25) is 0 Å². The zero-order valence-corrected chi connectivity index (χ0v) is 15.8. The number of nitrogens with zero attached hydrogens (tertiary/aromatic N) is 4. The molecule has 1 amide bonds. The molecule has 1 aromatic rings. The van der Waals surface area contributed by atoms with Gasteiger partial charge in [-0.3, -0.25) is 20.0 Å². The largest absolute Gasteiger partial charge is 0.378 e. The highest BCUT2D eigenvalue weighted by atomic mass is 19.1. The Morgan fingerprint density at radius 2 is 2.25 bits per heavy atom. The fourth-order valence-corrected chi connectivity index (χ4v) is 3.63. The van der Waals surface area contributed by atoms with E-state index in [1.165, 1.54) is 0 Å². The van der Waals surface area contributed by atoms with Gasteiger partial charge in [0.25, 0.3) is 0 Å². The summed E-state index contributed by atoms with van der Waals surface area (Å²) in [5.41, 5.74) is 7.16. The standard InChI is InChI=1S/C17H26FN7O3/c1-24-10-11(18)8-21-16(24)14(15(19)23-27)17(26)22-12-9-20-3-2-13(12)25-4-6-28-7-5-25/h2-3,9,11,14-16,21H,4-8,10,19H2,1H3,(H,22,26). The van der Waals surface area contributed by atoms with Gasteiger partial charge in [-0.2, -0.15) is 0 Å². The quantitative estimate of drug-likeness (QED) is 0.562. The molecule has 2 aliphatic rings. The van der Waals surface area contributed by atoms with Crippen LogP contribution in [0.3, 0.4) is 0 Å². The van der Waals surface area contributed by atoms with E-state index in [-0.39, 0.29) is 13.1 Å². The highest BCUT2D eigenvalue weighted by Crippen LogP contribution is 2.27. The van der Waals surface area contributed by atoms with Gasteiger partial charge in [-0.25, -0.2) is 4.39 Å². The molecule has 2 saturated heterocycles. The second-order valence-corrected chi connectivity index (χ2v) is 6.99. The van der Waals surface area contributed by atoms with Crippen LogP contribution in [0, 0.1) is 10.8 Å². The molecule has 0 saturated carbocycles. The van der Waals surface area contributed by atoms with Crippen LogP contribution in [0.25, 0.3) is 0 Å². The number of anilines is 2. The molecular weight excluding hydrogens is 369 g/mol. The van der Waals surface area contributed by atoms with Gasteiger partial charge in [-0.15, -0.1) is 4.91 Å². The Hall–Kier alpha value is -2.21. The van der Waals surface area contributed by atoms with Gasteiger partial charge in [0.05, 0.1) is 37.0 Å². The van der Waals surface area contributed by atoms with E-state index in [1.54, 1.807) is 24.3 Å². The SMILES string of the molecule is CN1CC(F)CNC1C(C(=O)Nc1cnccc1N1CCOCC1)C(N)N=O. The predicted molar refractivity (Wildman–Crippen MR) is 102 cm³/mol. The summed E-state index contributed by atoms with van der Waals surface area (Å²) in [6, 6.07) is 1.81. The number of amides is 1. The van der Waals surface area contributed by atoms with E-state index in [2.05, 4.69) is 25.7 Å². The molecule has 2 fully saturated rings. The first-order chi connectivity index (χ1) is 13.5. The van der Waals surface area contributed by atoms with E-state index < -0.39 is 30.3 Å². The minimum atomic E-state index is -1.28. The molecule has 10 nitrogen and oxygen atoms in total. The third kappa shape index (κ3) is 4.61. The molecular formula is C17H26FN7O3. The highest BCUT2D eigenvalue weighted by Gasteiger charge is 2.40. The van der Waals surface area contributed by atoms with Gasteiger partial charge in [0.1, 0.15) is 12.1 Å². The monoisotopic (exact) mass is 395 g/mol. The summed E-state index contributed by atoms with van der Waals surface area (Å²) >= 11 is 0. The van der Waals surface area contributed by atoms with Crippen molar-refractivity contribution in [2.45, 2.75) is 18.5 Å². The van der Waals surface area contributed by atoms with Gasteiger partial charge in [-0.1, -0.05) is 5.18 Å². The summed E-state index contributed by atoms with van der Waals surface area (Å²) in [6.07, 6.45) is 0.253. The van der Waals surface area contributed by atoms with Crippen molar-refractivity contribution in [3.05, 3.63) is 23.4 Å². The zero-order valence-electron chi connectivity index (χ0n) is 15.8. The molecule has 4 unspecified atom stereocenters. The number of hydrogen-bond donors (Lipinski definition) is 3. The van der Waals surface area contributed by atoms with E-state index >= 15 is 0 Å². The molecule has 4 atom stereocenters. The number of nitrogens with one attached hydrogen (secondary N) is 2. The molecule has 2 aliphatic heterocycles. The average molecular weight is 395 g/mol. The number of rotatable bonds is 6. The number of nitrogens with two attached hydrogens (primary N) is 1. The fraction of sp³-hybridized carbons (Fsp3) is 0.647. The van der Waals surface area contributed by atoms with Crippen molar-refractivity contribution in [1.82, 2.24) is 15.2 Å². The van der Waals surface area contributed by atoms with Crippen LogP contribution in [-0.4, -0.2) is 80.7 Å². The maximum atomic E-state index is 13.6. The molecule has 4 N–H and O–H groups in total. The summed E-state index contributed by atoms with van der Waals surface area (Å²) in [5.74, 6) is -1.47. The number of halogens is 1. The van der Waals surface area contributed by atoms with Gasteiger partial charge in [-0.05, 0) is 13.1 Å². The first-order valence-electron chi connectivity index (χ1n) is 9.24. The third-order valence-electron chi connectivity index (χ3n) is 5.05. The second kappa shape index (κ2) is 9.32. The molecule has 0 spiro atoms. The van der Waals surface area contributed by atoms with Crippen LogP contribution < -0.4 is 21.3 Å². The lowest BCUT2D eigenvalue weighted by Gasteiger charge is -2.40. The number of aromatic nitrogens is 1. The van der Waals surface area contributed by atoms with Gasteiger partial charge < -0.3 is 20.7 Å². The number of nitroso groups, excluding NO2 is 1. The second-order valence-electron chi connectivity index (χ2n) is 6.99. The number of alkyl halides is 1. The van der Waals surface area contributed by atoms with Crippen molar-refractivity contribution in [3.8, 4) is 0 Å². The van der Waals surface area contributed by atoms with Crippen molar-refractivity contribution in [2.75, 3.05) is 56.7 Å². The van der Waals surface area contributed by atoms with Crippen molar-refractivity contribution in [1.29, 1.82) is 0 Å². The first-order valence-corrected chi connectivity index (χ1v) is 9.24. The maximum absolute atomic E-state index is 13.6. The summed E-state index contributed by atoms with van der Waals surface area (Å²) in [6.45, 7) is 2.79. The highest BCUT2D eigenvalue weighted by molar-refractivity contribution is 5.96. The lowest BCUT2D eigenvalue weighted by molar-refractivity contribution is -0.124. The minimum absolute atomic E-state index is 0.0796. The number of carbonyl (C=O) groups is 1. The van der Waals surface area contributed by atoms with Crippen LogP contribution in [-0.2, 0) is 9.53 Å². The molecule has 1 aromatic heterocycles. The molecule has 11 heteroatoms. The Morgan fingerprint density at radius 3 is 2.93 bits per heavy atom. The van der Waals surface area contributed by atoms with Crippen LogP contribution in [0.1, 0.15) is 0 Å². The Balaban J connectivity index is 1.80. The average Bonchev–Trinajstić information content (AvgIpc) is 2.70. The van der Waals surface area contributed by atoms with Crippen LogP contribution in [0.5, 0.6) is 0 Å². The van der Waals surface area contributed by atoms with Crippen molar-refractivity contribution >= 4 is 17.3 Å². The number of morpholine rings is 1. The lowest BCUT2D eigenvalue weighted by Crippen LogP contribution is -2.62. The van der Waals surface area contributed by atoms with E-state index in [9.17, 15) is 14.1 Å². The number of carbonyl (C=O) groups excluding carboxylic acids is 1. The Morgan fingerprint density at radius 1 is 1.50 bits per heavy atom. The number of hydrogen-bond acceptors (Lipinski definition) is 9. The smallest absolute Gasteiger partial charge is 0.234 e. The molecule has 0 bridgehead atoms. The molecule has 0 aromatic carbocycles. The van der Waals surface area contributed by atoms with Crippen molar-refractivity contribution < 1.29 is 13.9 Å². The van der Waals surface area contributed by atoms with E-state index in [0.29, 0.717) is 32.0 Å². The molecule has 28 heavy (non-hydrogen) atoms. The summed E-state index contributed by atoms with van der Waals surface area (Å²) < 4.78 is 19.0. The summed E-state index contributed by atoms with van der Waals surface area (Å²) in [5, 5.41) is 8.63. The third-order valence-corrected chi connectivity index (χ3v) is 5.05. The van der Waals surface area contributed by atoms with Crippen LogP contribution in [0.4, 0.5) is 15.8 Å². The topological polar surface area (TPSA) is 125 Å². The lowest BCUT2D eigenvalue weighted by atomic mass is 9.98. The normalized spacial score (nSPS) is 25.8. The van der Waals surface area contributed by atoms with Gasteiger partial charge in [0.2, 0.25) is 5.91 Å². The zero-order chi connectivity index (χ0) is 20.1. The molecule has 0 aliphatic carbocycles. The van der Waals surface area contributed by atoms with Crippen molar-refractivity contribution in [3.63, 3.8) is 0 Å². The summed E-state index contributed by atoms with van der Waals surface area (Å²) in [4.78, 5) is 32.0. The van der Waals surface area contributed by atoms with E-state index in [1.807, 2.05) is 6.07 Å². The maximum Gasteiger partial charge on any atom is 0.234 e. The number of ether oxygens (including phenoxy) is 1. The van der Waals surface area contributed by atoms with E-state index in [0.717, 1.165) is 5.69 Å². The van der Waals surface area contributed by atoms with Gasteiger partial charge in [0.15, 0.2) is 6.17 Å². The van der Waals surface area contributed by atoms with Gasteiger partial charge in [0, 0.05) is 32.4 Å². The molecule has 154 valence electrons. The van der Waals surface area contributed by atoms with Crippen LogP contribution >= 0.6 is 0 Å². The van der Waals surface area contributed by atoms with Crippen LogP contribution in [0.15, 0.2) is 23.6 Å². The Labute approximate surface area is 162 Å². The molecule has 3 heterocycles. The summed E-state index contributed by atoms with van der Waals surface area (Å²) in [7, 11) is 1.67. The predicted octanol–water partition coefficient (Wildman–Crippen LogP) is -0.277.